The highest BCUT2D eigenvalue weighted by Gasteiger charge is 2.39. The summed E-state index contributed by atoms with van der Waals surface area (Å²) in [5.41, 5.74) is 0.859. The fraction of sp³-hybridized carbons (Fsp3) is 0.636. The zero-order valence-electron chi connectivity index (χ0n) is 18.2. The molecule has 2 aliphatic heterocycles. The van der Waals surface area contributed by atoms with E-state index in [0.29, 0.717) is 36.0 Å². The van der Waals surface area contributed by atoms with E-state index in [9.17, 15) is 14.7 Å². The second-order valence-electron chi connectivity index (χ2n) is 8.25. The molecular weight excluding hydrogens is 457 g/mol. The highest BCUT2D eigenvalue weighted by molar-refractivity contribution is 6.42. The van der Waals surface area contributed by atoms with E-state index in [1.54, 1.807) is 17.0 Å². The number of rotatable bonds is 6. The van der Waals surface area contributed by atoms with Crippen LogP contribution in [0.1, 0.15) is 38.2 Å². The lowest BCUT2D eigenvalue weighted by Crippen LogP contribution is -2.59. The number of nitrogens with one attached hydrogen (secondary N) is 2. The summed E-state index contributed by atoms with van der Waals surface area (Å²) in [5.74, 6) is -0.126. The first-order chi connectivity index (χ1) is 15.4. The second kappa shape index (κ2) is 12.0. The Kier molecular flexibility index (Phi) is 9.43. The second-order valence-corrected chi connectivity index (χ2v) is 9.06. The standard InChI is InChI=1S/C22H31Cl2N3O5/c1-2-7-25-22(30)27-11-15(28)12-31-13-20-19(27)6-4-16(32-20)9-21(29)26-10-14-3-5-17(23)18(24)8-14/h3,5,8,15-16,19-20,28H,2,4,6-7,9-13H2,1H3,(H,25,30)(H,26,29)/t15-,16+,19+,20-/m1/s1. The van der Waals surface area contributed by atoms with E-state index in [-0.39, 0.29) is 56.4 Å². The first kappa shape index (κ1) is 25.1. The van der Waals surface area contributed by atoms with Gasteiger partial charge in [0.1, 0.15) is 6.10 Å². The summed E-state index contributed by atoms with van der Waals surface area (Å²) in [4.78, 5) is 26.8. The average molecular weight is 488 g/mol. The molecule has 10 heteroatoms. The van der Waals surface area contributed by atoms with E-state index >= 15 is 0 Å². The van der Waals surface area contributed by atoms with Gasteiger partial charge in [-0.15, -0.1) is 0 Å². The van der Waals surface area contributed by atoms with Crippen molar-refractivity contribution in [3.05, 3.63) is 33.8 Å². The zero-order valence-corrected chi connectivity index (χ0v) is 19.7. The van der Waals surface area contributed by atoms with Gasteiger partial charge in [0.2, 0.25) is 5.91 Å². The third-order valence-corrected chi connectivity index (χ3v) is 6.39. The van der Waals surface area contributed by atoms with Crippen LogP contribution in [0.5, 0.6) is 0 Å². The molecule has 2 aliphatic rings. The number of aliphatic hydroxyl groups excluding tert-OH is 1. The van der Waals surface area contributed by atoms with Gasteiger partial charge in [-0.3, -0.25) is 4.79 Å². The minimum absolute atomic E-state index is 0.126. The fourth-order valence-electron chi connectivity index (χ4n) is 4.04. The number of halogens is 2. The van der Waals surface area contributed by atoms with Crippen molar-refractivity contribution in [3.8, 4) is 0 Å². The molecule has 8 nitrogen and oxygen atoms in total. The van der Waals surface area contributed by atoms with E-state index in [2.05, 4.69) is 10.6 Å². The Hall–Kier alpha value is -1.58. The molecule has 1 aromatic rings. The number of urea groups is 1. The molecule has 3 amide bonds. The normalized spacial score (nSPS) is 25.9. The molecule has 3 N–H and O–H groups in total. The maximum Gasteiger partial charge on any atom is 0.317 e. The van der Waals surface area contributed by atoms with E-state index < -0.39 is 6.10 Å². The minimum atomic E-state index is -0.742. The van der Waals surface area contributed by atoms with Gasteiger partial charge in [0.05, 0.1) is 54.5 Å². The van der Waals surface area contributed by atoms with Gasteiger partial charge in [-0.2, -0.15) is 0 Å². The largest absolute Gasteiger partial charge is 0.389 e. The molecule has 0 unspecified atom stereocenters. The Balaban J connectivity index is 1.55. The number of aliphatic hydroxyl groups is 1. The van der Waals surface area contributed by atoms with Crippen LogP contribution in [-0.2, 0) is 20.8 Å². The van der Waals surface area contributed by atoms with Gasteiger partial charge in [-0.25, -0.2) is 4.79 Å². The van der Waals surface area contributed by atoms with Gasteiger partial charge in [-0.05, 0) is 37.0 Å². The molecule has 0 bridgehead atoms. The monoisotopic (exact) mass is 487 g/mol. The topological polar surface area (TPSA) is 100 Å². The molecule has 2 heterocycles. The molecule has 178 valence electrons. The summed E-state index contributed by atoms with van der Waals surface area (Å²) >= 11 is 11.9. The Bertz CT molecular complexity index is 797. The summed E-state index contributed by atoms with van der Waals surface area (Å²) in [6, 6.07) is 4.82. The quantitative estimate of drug-likeness (QED) is 0.572. The van der Waals surface area contributed by atoms with Gasteiger partial charge in [0.25, 0.3) is 0 Å². The number of carbonyl (C=O) groups excluding carboxylic acids is 2. The molecular formula is C22H31Cl2N3O5. The Morgan fingerprint density at radius 2 is 2.00 bits per heavy atom. The highest BCUT2D eigenvalue weighted by Crippen LogP contribution is 2.28. The number of benzene rings is 1. The molecule has 0 radical (unpaired) electrons. The fourth-order valence-corrected chi connectivity index (χ4v) is 4.36. The summed E-state index contributed by atoms with van der Waals surface area (Å²) in [6.45, 7) is 3.50. The van der Waals surface area contributed by atoms with Crippen LogP contribution in [0.25, 0.3) is 0 Å². The van der Waals surface area contributed by atoms with Gasteiger partial charge in [-0.1, -0.05) is 36.2 Å². The molecule has 2 saturated heterocycles. The van der Waals surface area contributed by atoms with Crippen LogP contribution in [0.15, 0.2) is 18.2 Å². The van der Waals surface area contributed by atoms with Crippen LogP contribution >= 0.6 is 23.2 Å². The molecule has 2 fully saturated rings. The van der Waals surface area contributed by atoms with Crippen LogP contribution in [0, 0.1) is 0 Å². The Labute approximate surface area is 198 Å². The Morgan fingerprint density at radius 3 is 2.75 bits per heavy atom. The molecule has 0 aliphatic carbocycles. The number of carbonyl (C=O) groups is 2. The minimum Gasteiger partial charge on any atom is -0.389 e. The van der Waals surface area contributed by atoms with E-state index in [0.717, 1.165) is 12.0 Å². The molecule has 0 spiro atoms. The maximum absolute atomic E-state index is 12.7. The van der Waals surface area contributed by atoms with Crippen molar-refractivity contribution >= 4 is 35.1 Å². The zero-order chi connectivity index (χ0) is 23.1. The van der Waals surface area contributed by atoms with Gasteiger partial charge >= 0.3 is 6.03 Å². The number of amides is 3. The summed E-state index contributed by atoms with van der Waals surface area (Å²) in [6.07, 6.45) is 0.994. The smallest absolute Gasteiger partial charge is 0.317 e. The molecule has 0 aromatic heterocycles. The van der Waals surface area contributed by atoms with Crippen LogP contribution < -0.4 is 10.6 Å². The van der Waals surface area contributed by atoms with Crippen LogP contribution in [-0.4, -0.2) is 72.6 Å². The number of hydrogen-bond acceptors (Lipinski definition) is 5. The molecule has 3 rings (SSSR count). The summed E-state index contributed by atoms with van der Waals surface area (Å²) in [5, 5.41) is 16.8. The number of hydrogen-bond donors (Lipinski definition) is 3. The SMILES string of the molecule is CCCNC(=O)N1C[C@@H](O)COC[C@H]2O[C@H](CC(=O)NCc3ccc(Cl)c(Cl)c3)CC[C@@H]21. The highest BCUT2D eigenvalue weighted by atomic mass is 35.5. The average Bonchev–Trinajstić information content (AvgIpc) is 2.76. The number of ether oxygens (including phenoxy) is 2. The lowest BCUT2D eigenvalue weighted by molar-refractivity contribution is -0.150. The van der Waals surface area contributed by atoms with E-state index in [1.807, 2.05) is 13.0 Å². The number of fused-ring (bicyclic) bond motifs is 1. The lowest BCUT2D eigenvalue weighted by atomic mass is 9.95. The van der Waals surface area contributed by atoms with Gasteiger partial charge < -0.3 is 30.1 Å². The maximum atomic E-state index is 12.7. The van der Waals surface area contributed by atoms with Crippen molar-refractivity contribution in [1.82, 2.24) is 15.5 Å². The van der Waals surface area contributed by atoms with Crippen molar-refractivity contribution in [2.45, 2.75) is 63.5 Å². The lowest BCUT2D eigenvalue weighted by Gasteiger charge is -2.44. The van der Waals surface area contributed by atoms with Gasteiger partial charge in [0, 0.05) is 13.1 Å². The van der Waals surface area contributed by atoms with E-state index in [4.69, 9.17) is 32.7 Å². The van der Waals surface area contributed by atoms with Crippen molar-refractivity contribution in [2.24, 2.45) is 0 Å². The molecule has 1 aromatic carbocycles. The van der Waals surface area contributed by atoms with Crippen molar-refractivity contribution in [1.29, 1.82) is 0 Å². The van der Waals surface area contributed by atoms with Crippen molar-refractivity contribution in [3.63, 3.8) is 0 Å². The molecule has 32 heavy (non-hydrogen) atoms. The summed E-state index contributed by atoms with van der Waals surface area (Å²) < 4.78 is 11.8. The van der Waals surface area contributed by atoms with E-state index in [1.165, 1.54) is 0 Å². The van der Waals surface area contributed by atoms with Crippen LogP contribution in [0.3, 0.4) is 0 Å². The van der Waals surface area contributed by atoms with Crippen LogP contribution in [0.2, 0.25) is 10.0 Å². The predicted molar refractivity (Wildman–Crippen MR) is 122 cm³/mol. The Morgan fingerprint density at radius 1 is 1.19 bits per heavy atom. The molecule has 4 atom stereocenters. The predicted octanol–water partition coefficient (Wildman–Crippen LogP) is 2.73. The van der Waals surface area contributed by atoms with Gasteiger partial charge in [0.15, 0.2) is 0 Å². The first-order valence-corrected chi connectivity index (χ1v) is 11.8. The van der Waals surface area contributed by atoms with Crippen molar-refractivity contribution in [2.75, 3.05) is 26.3 Å². The third-order valence-electron chi connectivity index (χ3n) is 5.65. The van der Waals surface area contributed by atoms with Crippen LogP contribution in [0.4, 0.5) is 4.79 Å². The van der Waals surface area contributed by atoms with Crippen molar-refractivity contribution < 1.29 is 24.2 Å². The first-order valence-electron chi connectivity index (χ1n) is 11.0. The number of β-amino-alcohol motifs (C(OH)–C–C–N with tert-alkyl or cyclic N) is 1. The third kappa shape index (κ3) is 6.96. The summed E-state index contributed by atoms with van der Waals surface area (Å²) in [7, 11) is 0. The molecule has 0 saturated carbocycles. The number of nitrogens with zero attached hydrogens (tertiary/aromatic N) is 1.